The summed E-state index contributed by atoms with van der Waals surface area (Å²) in [4.78, 5) is 53.8. The molecule has 1 heterocycles. The van der Waals surface area contributed by atoms with Gasteiger partial charge >= 0.3 is 12.0 Å². The van der Waals surface area contributed by atoms with E-state index in [9.17, 15) is 28.0 Å². The predicted molar refractivity (Wildman–Crippen MR) is 148 cm³/mol. The first-order valence-corrected chi connectivity index (χ1v) is 13.2. The molecular weight excluding hydrogens is 532 g/mol. The van der Waals surface area contributed by atoms with Crippen LogP contribution in [0.1, 0.15) is 56.7 Å². The first kappa shape index (κ1) is 29.5. The van der Waals surface area contributed by atoms with Gasteiger partial charge in [0.2, 0.25) is 5.91 Å². The Kier molecular flexibility index (Phi) is 8.34. The number of amides is 4. The normalized spacial score (nSPS) is 19.1. The molecule has 214 valence electrons. The number of nitrogens with one attached hydrogen (secondary N) is 2. The Morgan fingerprint density at radius 2 is 1.59 bits per heavy atom. The van der Waals surface area contributed by atoms with Gasteiger partial charge < -0.3 is 10.1 Å². The summed E-state index contributed by atoms with van der Waals surface area (Å²) in [6, 6.07) is 17.7. The SMILES string of the molecule is C[C@H](NC(=O)Cc1cc(F)cc(F)c1)C(=O)N[N@@+]1(C(=O)OC(C)(C)C)C(=O)C[C@H](c2ccccc2)c2ccccc21. The van der Waals surface area contributed by atoms with Crippen LogP contribution in [0.4, 0.5) is 19.3 Å². The maximum atomic E-state index is 14.0. The Balaban J connectivity index is 1.67. The largest absolute Gasteiger partial charge is 0.555 e. The van der Waals surface area contributed by atoms with Gasteiger partial charge in [-0.1, -0.05) is 48.5 Å². The zero-order chi connectivity index (χ0) is 29.9. The number of nitrogens with zero attached hydrogens (tertiary/aromatic N) is 1. The van der Waals surface area contributed by atoms with Crippen LogP contribution in [0.15, 0.2) is 72.8 Å². The number of rotatable bonds is 5. The number of hydrogen-bond donors (Lipinski definition) is 2. The molecule has 3 atom stereocenters. The number of fused-ring (bicyclic) bond motifs is 1. The van der Waals surface area contributed by atoms with E-state index < -0.39 is 51.7 Å². The molecule has 1 aliphatic rings. The molecule has 0 saturated heterocycles. The number of para-hydroxylation sites is 1. The maximum absolute atomic E-state index is 14.0. The topological polar surface area (TPSA) is 102 Å². The number of halogens is 2. The van der Waals surface area contributed by atoms with Crippen LogP contribution in [0.25, 0.3) is 0 Å². The first-order valence-electron chi connectivity index (χ1n) is 13.2. The van der Waals surface area contributed by atoms with Crippen molar-refractivity contribution in [1.82, 2.24) is 15.3 Å². The van der Waals surface area contributed by atoms with Crippen molar-refractivity contribution in [1.29, 1.82) is 0 Å². The first-order chi connectivity index (χ1) is 19.3. The maximum Gasteiger partial charge on any atom is 0.555 e. The van der Waals surface area contributed by atoms with Gasteiger partial charge in [-0.3, -0.25) is 9.59 Å². The molecular formula is C31H32F2N3O5+. The number of quaternary nitrogens is 1. The van der Waals surface area contributed by atoms with Crippen molar-refractivity contribution < 1.29 is 32.7 Å². The summed E-state index contributed by atoms with van der Waals surface area (Å²) in [5, 5.41) is 2.47. The van der Waals surface area contributed by atoms with Crippen LogP contribution in [0.5, 0.6) is 0 Å². The van der Waals surface area contributed by atoms with Crippen LogP contribution in [0.2, 0.25) is 0 Å². The van der Waals surface area contributed by atoms with Gasteiger partial charge in [0.15, 0.2) is 5.69 Å². The summed E-state index contributed by atoms with van der Waals surface area (Å²) in [6.45, 7) is 6.31. The molecule has 1 aliphatic heterocycles. The average molecular weight is 565 g/mol. The number of hydrogen-bond acceptors (Lipinski definition) is 5. The lowest BCUT2D eigenvalue weighted by Crippen LogP contribution is -2.72. The number of carbonyl (C=O) groups is 4. The highest BCUT2D eigenvalue weighted by atomic mass is 19.1. The summed E-state index contributed by atoms with van der Waals surface area (Å²) < 4.78 is 31.5. The second kappa shape index (κ2) is 11.6. The molecule has 0 saturated carbocycles. The minimum atomic E-state index is -1.23. The zero-order valence-electron chi connectivity index (χ0n) is 23.2. The fourth-order valence-corrected chi connectivity index (χ4v) is 4.84. The standard InChI is InChI=1S/C31H31F2N3O5/c1-19(34-27(37)16-20-14-22(32)17-23(33)15-20)29(39)35-36(30(40)41-31(2,3)4)26-13-9-8-12-24(26)25(18-28(36)38)21-10-6-5-7-11-21/h5-15,17,19,25H,16,18H2,1-4H3,(H-,34,35,37,39)/p+1/t19-,25+,36+/m0/s1. The van der Waals surface area contributed by atoms with Crippen LogP contribution < -0.4 is 15.3 Å². The lowest BCUT2D eigenvalue weighted by atomic mass is 9.83. The molecule has 10 heteroatoms. The van der Waals surface area contributed by atoms with Gasteiger partial charge in [0.05, 0.1) is 12.8 Å². The van der Waals surface area contributed by atoms with E-state index in [4.69, 9.17) is 4.74 Å². The highest BCUT2D eigenvalue weighted by Gasteiger charge is 2.58. The third kappa shape index (κ3) is 6.49. The second-order valence-corrected chi connectivity index (χ2v) is 11.0. The summed E-state index contributed by atoms with van der Waals surface area (Å²) in [5.41, 5.74) is 3.42. The van der Waals surface area contributed by atoms with Crippen LogP contribution in [-0.2, 0) is 25.5 Å². The van der Waals surface area contributed by atoms with E-state index in [1.54, 1.807) is 45.0 Å². The van der Waals surface area contributed by atoms with Crippen molar-refractivity contribution in [3.63, 3.8) is 0 Å². The van der Waals surface area contributed by atoms with Crippen molar-refractivity contribution in [2.75, 3.05) is 0 Å². The Morgan fingerprint density at radius 3 is 2.22 bits per heavy atom. The Bertz CT molecular complexity index is 1470. The molecule has 0 unspecified atom stereocenters. The molecule has 0 radical (unpaired) electrons. The fraction of sp³-hybridized carbons (Fsp3) is 0.290. The third-order valence-electron chi connectivity index (χ3n) is 6.63. The van der Waals surface area contributed by atoms with E-state index in [0.29, 0.717) is 11.6 Å². The quantitative estimate of drug-likeness (QED) is 0.423. The monoisotopic (exact) mass is 564 g/mol. The fourth-order valence-electron chi connectivity index (χ4n) is 4.84. The second-order valence-electron chi connectivity index (χ2n) is 11.0. The van der Waals surface area contributed by atoms with Gasteiger partial charge in [-0.25, -0.2) is 13.6 Å². The minimum Gasteiger partial charge on any atom is -0.412 e. The van der Waals surface area contributed by atoms with Crippen molar-refractivity contribution in [2.24, 2.45) is 0 Å². The minimum absolute atomic E-state index is 0.0805. The molecule has 2 N–H and O–H groups in total. The smallest absolute Gasteiger partial charge is 0.412 e. The number of benzene rings is 3. The van der Waals surface area contributed by atoms with Gasteiger partial charge in [0.1, 0.15) is 23.3 Å². The average Bonchev–Trinajstić information content (AvgIpc) is 2.88. The van der Waals surface area contributed by atoms with Crippen LogP contribution >= 0.6 is 0 Å². The molecule has 3 aromatic carbocycles. The molecule has 4 amide bonds. The van der Waals surface area contributed by atoms with E-state index in [0.717, 1.165) is 17.7 Å². The summed E-state index contributed by atoms with van der Waals surface area (Å²) in [6.07, 6.45) is -1.49. The van der Waals surface area contributed by atoms with Crippen LogP contribution in [0.3, 0.4) is 0 Å². The van der Waals surface area contributed by atoms with Crippen molar-refractivity contribution >= 4 is 29.5 Å². The molecule has 4 rings (SSSR count). The van der Waals surface area contributed by atoms with E-state index in [2.05, 4.69) is 10.7 Å². The molecule has 0 bridgehead atoms. The third-order valence-corrected chi connectivity index (χ3v) is 6.63. The Morgan fingerprint density at radius 1 is 0.976 bits per heavy atom. The molecule has 3 aromatic rings. The molecule has 8 nitrogen and oxygen atoms in total. The number of ether oxygens (including phenoxy) is 1. The highest BCUT2D eigenvalue weighted by molar-refractivity contribution is 6.10. The summed E-state index contributed by atoms with van der Waals surface area (Å²) in [7, 11) is 0. The van der Waals surface area contributed by atoms with E-state index in [1.165, 1.54) is 6.92 Å². The predicted octanol–water partition coefficient (Wildman–Crippen LogP) is 5.05. The number of carbonyl (C=O) groups excluding carboxylic acids is 4. The van der Waals surface area contributed by atoms with Crippen molar-refractivity contribution in [3.8, 4) is 0 Å². The van der Waals surface area contributed by atoms with Crippen molar-refractivity contribution in [3.05, 3.63) is 101 Å². The lowest BCUT2D eigenvalue weighted by molar-refractivity contribution is -0.141. The van der Waals surface area contributed by atoms with E-state index in [-0.39, 0.29) is 30.0 Å². The lowest BCUT2D eigenvalue weighted by Gasteiger charge is -2.39. The zero-order valence-corrected chi connectivity index (χ0v) is 23.2. The van der Waals surface area contributed by atoms with Gasteiger partial charge in [0, 0.05) is 23.6 Å². The number of imide groups is 1. The molecule has 0 aliphatic carbocycles. The summed E-state index contributed by atoms with van der Waals surface area (Å²) >= 11 is 0. The summed E-state index contributed by atoms with van der Waals surface area (Å²) in [5.74, 6) is -4.17. The van der Waals surface area contributed by atoms with E-state index in [1.807, 2.05) is 30.3 Å². The Hall–Kier alpha value is -4.44. The van der Waals surface area contributed by atoms with Crippen molar-refractivity contribution in [2.45, 2.75) is 58.1 Å². The van der Waals surface area contributed by atoms with Crippen LogP contribution in [-0.4, -0.2) is 35.5 Å². The molecule has 0 spiro atoms. The van der Waals surface area contributed by atoms with Crippen LogP contribution in [0, 0.1) is 11.6 Å². The van der Waals surface area contributed by atoms with Gasteiger partial charge in [-0.05, 0) is 55.5 Å². The Labute approximate surface area is 236 Å². The van der Waals surface area contributed by atoms with Gasteiger partial charge in [0.25, 0.3) is 5.91 Å². The highest BCUT2D eigenvalue weighted by Crippen LogP contribution is 2.43. The van der Waals surface area contributed by atoms with Gasteiger partial charge in [-0.15, -0.1) is 0 Å². The molecule has 0 fully saturated rings. The van der Waals surface area contributed by atoms with Gasteiger partial charge in [-0.2, -0.15) is 10.2 Å². The molecule has 41 heavy (non-hydrogen) atoms. The van der Waals surface area contributed by atoms with E-state index >= 15 is 0 Å². The molecule has 0 aromatic heterocycles.